The fraction of sp³-hybridized carbons (Fsp3) is 0.857. The summed E-state index contributed by atoms with van der Waals surface area (Å²) in [4.78, 5) is 0. The lowest BCUT2D eigenvalue weighted by Crippen LogP contribution is -2.36. The zero-order valence-corrected chi connectivity index (χ0v) is 13.2. The van der Waals surface area contributed by atoms with Crippen LogP contribution in [0.3, 0.4) is 0 Å². The minimum absolute atomic E-state index is 0.219. The van der Waals surface area contributed by atoms with Crippen LogP contribution in [0.25, 0.3) is 0 Å². The lowest BCUT2D eigenvalue weighted by molar-refractivity contribution is 0.427. The highest BCUT2D eigenvalue weighted by Gasteiger charge is 2.14. The van der Waals surface area contributed by atoms with Gasteiger partial charge < -0.3 is 9.88 Å². The summed E-state index contributed by atoms with van der Waals surface area (Å²) >= 11 is 1.85. The Hall–Kier alpha value is -0.550. The highest BCUT2D eigenvalue weighted by Crippen LogP contribution is 2.22. The van der Waals surface area contributed by atoms with E-state index in [1.165, 1.54) is 31.5 Å². The van der Waals surface area contributed by atoms with E-state index < -0.39 is 0 Å². The quantitative estimate of drug-likeness (QED) is 0.666. The Kier molecular flexibility index (Phi) is 5.28. The number of nitrogens with zero attached hydrogens (tertiary/aromatic N) is 3. The van der Waals surface area contributed by atoms with E-state index in [0.717, 1.165) is 30.4 Å². The van der Waals surface area contributed by atoms with Crippen molar-refractivity contribution in [1.29, 1.82) is 0 Å². The topological polar surface area (TPSA) is 42.7 Å². The van der Waals surface area contributed by atoms with E-state index in [4.69, 9.17) is 0 Å². The molecule has 4 nitrogen and oxygen atoms in total. The first-order valence-corrected chi connectivity index (χ1v) is 8.35. The van der Waals surface area contributed by atoms with E-state index in [1.54, 1.807) is 0 Å². The van der Waals surface area contributed by atoms with Gasteiger partial charge in [0.15, 0.2) is 5.16 Å². The molecule has 108 valence electrons. The summed E-state index contributed by atoms with van der Waals surface area (Å²) in [6.45, 7) is 8.79. The molecule has 0 unspecified atom stereocenters. The Morgan fingerprint density at radius 1 is 1.21 bits per heavy atom. The standard InChI is InChI=1S/C14H26N4S/c1-14(2,3)15-9-7-11-19-13-17-16-12-8-5-4-6-10-18(12)13/h15H,4-11H2,1-3H3. The van der Waals surface area contributed by atoms with E-state index in [-0.39, 0.29) is 5.54 Å². The Bertz CT molecular complexity index is 395. The number of rotatable bonds is 5. The maximum absolute atomic E-state index is 4.34. The molecule has 0 amide bonds. The number of aromatic nitrogens is 3. The van der Waals surface area contributed by atoms with Crippen molar-refractivity contribution in [2.45, 2.75) is 70.1 Å². The average molecular weight is 282 g/mol. The van der Waals surface area contributed by atoms with E-state index >= 15 is 0 Å². The second-order valence-corrected chi connectivity index (χ2v) is 7.30. The van der Waals surface area contributed by atoms with Crippen LogP contribution in [0.2, 0.25) is 0 Å². The fourth-order valence-corrected chi connectivity index (χ4v) is 3.19. The summed E-state index contributed by atoms with van der Waals surface area (Å²) in [7, 11) is 0. The van der Waals surface area contributed by atoms with Gasteiger partial charge in [0.1, 0.15) is 5.82 Å². The third-order valence-corrected chi connectivity index (χ3v) is 4.34. The zero-order chi connectivity index (χ0) is 13.7. The van der Waals surface area contributed by atoms with Crippen LogP contribution in [0.15, 0.2) is 5.16 Å². The van der Waals surface area contributed by atoms with Gasteiger partial charge in [-0.2, -0.15) is 0 Å². The molecule has 1 aromatic heterocycles. The normalized spacial score (nSPS) is 16.2. The fourth-order valence-electron chi connectivity index (χ4n) is 2.26. The van der Waals surface area contributed by atoms with E-state index in [1.807, 2.05) is 11.8 Å². The van der Waals surface area contributed by atoms with Crippen LogP contribution in [0.4, 0.5) is 0 Å². The summed E-state index contributed by atoms with van der Waals surface area (Å²) < 4.78 is 2.33. The number of hydrogen-bond acceptors (Lipinski definition) is 4. The van der Waals surface area contributed by atoms with Crippen LogP contribution in [-0.2, 0) is 13.0 Å². The molecule has 1 aliphatic heterocycles. The van der Waals surface area contributed by atoms with Crippen molar-refractivity contribution in [3.05, 3.63) is 5.82 Å². The smallest absolute Gasteiger partial charge is 0.191 e. The van der Waals surface area contributed by atoms with Crippen molar-refractivity contribution < 1.29 is 0 Å². The Balaban J connectivity index is 1.76. The van der Waals surface area contributed by atoms with E-state index in [9.17, 15) is 0 Å². The minimum atomic E-state index is 0.219. The van der Waals surface area contributed by atoms with Crippen molar-refractivity contribution in [2.75, 3.05) is 12.3 Å². The summed E-state index contributed by atoms with van der Waals surface area (Å²) in [6.07, 6.45) is 6.12. The molecule has 0 atom stereocenters. The van der Waals surface area contributed by atoms with Crippen LogP contribution in [-0.4, -0.2) is 32.6 Å². The number of thioether (sulfide) groups is 1. The largest absolute Gasteiger partial charge is 0.312 e. The van der Waals surface area contributed by atoms with Gasteiger partial charge in [-0.25, -0.2) is 0 Å². The second-order valence-electron chi connectivity index (χ2n) is 6.24. The molecule has 0 spiro atoms. The molecule has 0 radical (unpaired) electrons. The predicted octanol–water partition coefficient (Wildman–Crippen LogP) is 2.87. The van der Waals surface area contributed by atoms with Crippen LogP contribution in [0, 0.1) is 0 Å². The van der Waals surface area contributed by atoms with Gasteiger partial charge in [0.05, 0.1) is 0 Å². The van der Waals surface area contributed by atoms with Gasteiger partial charge >= 0.3 is 0 Å². The highest BCUT2D eigenvalue weighted by molar-refractivity contribution is 7.99. The molecule has 0 saturated carbocycles. The lowest BCUT2D eigenvalue weighted by Gasteiger charge is -2.20. The van der Waals surface area contributed by atoms with Crippen molar-refractivity contribution in [3.8, 4) is 0 Å². The van der Waals surface area contributed by atoms with Crippen LogP contribution >= 0.6 is 11.8 Å². The first-order valence-electron chi connectivity index (χ1n) is 7.36. The van der Waals surface area contributed by atoms with Crippen molar-refractivity contribution >= 4 is 11.8 Å². The SMILES string of the molecule is CC(C)(C)NCCCSc1nnc2n1CCCCC2. The van der Waals surface area contributed by atoms with Gasteiger partial charge in [-0.15, -0.1) is 10.2 Å². The molecule has 2 rings (SSSR count). The molecule has 0 bridgehead atoms. The van der Waals surface area contributed by atoms with Crippen LogP contribution in [0.5, 0.6) is 0 Å². The van der Waals surface area contributed by atoms with E-state index in [0.29, 0.717) is 0 Å². The van der Waals surface area contributed by atoms with Crippen LogP contribution in [0.1, 0.15) is 52.3 Å². The van der Waals surface area contributed by atoms with Gasteiger partial charge in [0.2, 0.25) is 0 Å². The van der Waals surface area contributed by atoms with Crippen molar-refractivity contribution in [2.24, 2.45) is 0 Å². The highest BCUT2D eigenvalue weighted by atomic mass is 32.2. The molecule has 1 N–H and O–H groups in total. The molecule has 0 fully saturated rings. The molecule has 2 heterocycles. The molecule has 5 heteroatoms. The first-order chi connectivity index (χ1) is 9.06. The lowest BCUT2D eigenvalue weighted by atomic mass is 10.1. The minimum Gasteiger partial charge on any atom is -0.312 e. The summed E-state index contributed by atoms with van der Waals surface area (Å²) in [5.41, 5.74) is 0.219. The monoisotopic (exact) mass is 282 g/mol. The maximum Gasteiger partial charge on any atom is 0.191 e. The molecular weight excluding hydrogens is 256 g/mol. The van der Waals surface area contributed by atoms with E-state index in [2.05, 4.69) is 40.9 Å². The first kappa shape index (κ1) is 14.9. The van der Waals surface area contributed by atoms with Gasteiger partial charge in [-0.3, -0.25) is 0 Å². The van der Waals surface area contributed by atoms with Crippen LogP contribution < -0.4 is 5.32 Å². The molecule has 0 aromatic carbocycles. The van der Waals surface area contributed by atoms with Crippen molar-refractivity contribution in [3.63, 3.8) is 0 Å². The average Bonchev–Trinajstić information content (AvgIpc) is 2.57. The number of hydrogen-bond donors (Lipinski definition) is 1. The van der Waals surface area contributed by atoms with Crippen molar-refractivity contribution in [1.82, 2.24) is 20.1 Å². The van der Waals surface area contributed by atoms with Gasteiger partial charge in [0, 0.05) is 24.3 Å². The van der Waals surface area contributed by atoms with Gasteiger partial charge in [0.25, 0.3) is 0 Å². The van der Waals surface area contributed by atoms with Gasteiger partial charge in [-0.1, -0.05) is 18.2 Å². The molecule has 1 aromatic rings. The maximum atomic E-state index is 4.34. The third kappa shape index (κ3) is 4.80. The molecule has 1 aliphatic rings. The Morgan fingerprint density at radius 3 is 2.84 bits per heavy atom. The summed E-state index contributed by atoms with van der Waals surface area (Å²) in [6, 6.07) is 0. The second kappa shape index (κ2) is 6.75. The number of aryl methyl sites for hydroxylation is 1. The molecular formula is C14H26N4S. The summed E-state index contributed by atoms with van der Waals surface area (Å²) in [5.74, 6) is 2.30. The third-order valence-electron chi connectivity index (χ3n) is 3.28. The molecule has 0 aliphatic carbocycles. The molecule has 19 heavy (non-hydrogen) atoms. The van der Waals surface area contributed by atoms with Gasteiger partial charge in [-0.05, 0) is 46.6 Å². The number of nitrogens with one attached hydrogen (secondary N) is 1. The summed E-state index contributed by atoms with van der Waals surface area (Å²) in [5, 5.41) is 13.3. The zero-order valence-electron chi connectivity index (χ0n) is 12.4. The Labute approximate surface area is 120 Å². The Morgan fingerprint density at radius 2 is 2.05 bits per heavy atom. The number of fused-ring (bicyclic) bond motifs is 1. The molecule has 0 saturated heterocycles. The predicted molar refractivity (Wildman–Crippen MR) is 80.7 cm³/mol.